The van der Waals surface area contributed by atoms with Crippen molar-refractivity contribution in [1.29, 1.82) is 0 Å². The van der Waals surface area contributed by atoms with E-state index in [1.165, 1.54) is 6.07 Å². The Balaban J connectivity index is 2.68. The second kappa shape index (κ2) is 2.35. The van der Waals surface area contributed by atoms with Crippen molar-refractivity contribution in [2.24, 2.45) is 0 Å². The summed E-state index contributed by atoms with van der Waals surface area (Å²) in [4.78, 5) is 10.9. The first kappa shape index (κ1) is 7.36. The molecule has 64 valence electrons. The molecule has 4 nitrogen and oxygen atoms in total. The van der Waals surface area contributed by atoms with Crippen molar-refractivity contribution >= 4 is 5.88 Å². The maximum absolute atomic E-state index is 10.9. The standard InChI is InChI=1S/C8H10N2O2/c1-4-3-6(11)12-8-7(4)5(2)9-10-8/h3,5,9-10H,1-2H3. The number of nitrogens with one attached hydrogen (secondary N) is 2. The molecule has 0 bridgehead atoms. The summed E-state index contributed by atoms with van der Waals surface area (Å²) in [6.45, 7) is 3.91. The lowest BCUT2D eigenvalue weighted by atomic mass is 10.1. The van der Waals surface area contributed by atoms with Gasteiger partial charge in [0.1, 0.15) is 0 Å². The Hall–Kier alpha value is -1.29. The number of hydrogen-bond donors (Lipinski definition) is 2. The Morgan fingerprint density at radius 2 is 2.33 bits per heavy atom. The zero-order valence-electron chi connectivity index (χ0n) is 6.97. The third-order valence-electron chi connectivity index (χ3n) is 2.04. The summed E-state index contributed by atoms with van der Waals surface area (Å²) < 4.78 is 4.94. The van der Waals surface area contributed by atoms with Gasteiger partial charge in [-0.1, -0.05) is 0 Å². The van der Waals surface area contributed by atoms with Crippen LogP contribution >= 0.6 is 0 Å². The molecule has 0 saturated heterocycles. The topological polar surface area (TPSA) is 54.3 Å². The first-order valence-electron chi connectivity index (χ1n) is 3.84. The first-order valence-corrected chi connectivity index (χ1v) is 3.84. The third-order valence-corrected chi connectivity index (χ3v) is 2.04. The summed E-state index contributed by atoms with van der Waals surface area (Å²) in [7, 11) is 0. The lowest BCUT2D eigenvalue weighted by Gasteiger charge is -2.03. The van der Waals surface area contributed by atoms with Gasteiger partial charge >= 0.3 is 5.63 Å². The van der Waals surface area contributed by atoms with Gasteiger partial charge in [0.05, 0.1) is 6.04 Å². The van der Waals surface area contributed by atoms with E-state index in [2.05, 4.69) is 10.9 Å². The number of aryl methyl sites for hydroxylation is 1. The molecule has 1 aromatic heterocycles. The van der Waals surface area contributed by atoms with Crippen LogP contribution in [-0.4, -0.2) is 0 Å². The van der Waals surface area contributed by atoms with Crippen molar-refractivity contribution < 1.29 is 4.42 Å². The first-order chi connectivity index (χ1) is 5.68. The molecule has 2 N–H and O–H groups in total. The van der Waals surface area contributed by atoms with Crippen LogP contribution < -0.4 is 16.5 Å². The zero-order chi connectivity index (χ0) is 8.72. The molecule has 0 aromatic carbocycles. The fourth-order valence-electron chi connectivity index (χ4n) is 1.50. The summed E-state index contributed by atoms with van der Waals surface area (Å²) in [6.07, 6.45) is 0. The molecule has 0 aliphatic carbocycles. The molecule has 1 unspecified atom stereocenters. The minimum absolute atomic E-state index is 0.198. The molecule has 0 fully saturated rings. The number of hydrogen-bond acceptors (Lipinski definition) is 4. The molecular weight excluding hydrogens is 156 g/mol. The fourth-order valence-corrected chi connectivity index (χ4v) is 1.50. The number of fused-ring (bicyclic) bond motifs is 1. The van der Waals surface area contributed by atoms with E-state index >= 15 is 0 Å². The number of rotatable bonds is 0. The highest BCUT2D eigenvalue weighted by Crippen LogP contribution is 2.28. The fraction of sp³-hybridized carbons (Fsp3) is 0.375. The van der Waals surface area contributed by atoms with E-state index in [1.54, 1.807) is 0 Å². The van der Waals surface area contributed by atoms with E-state index < -0.39 is 0 Å². The molecular formula is C8H10N2O2. The van der Waals surface area contributed by atoms with Crippen molar-refractivity contribution in [2.45, 2.75) is 19.9 Å². The van der Waals surface area contributed by atoms with Crippen molar-refractivity contribution in [1.82, 2.24) is 5.43 Å². The average Bonchev–Trinajstić information content (AvgIpc) is 2.31. The Bertz CT molecular complexity index is 370. The zero-order valence-corrected chi connectivity index (χ0v) is 6.97. The van der Waals surface area contributed by atoms with Gasteiger partial charge < -0.3 is 4.42 Å². The Morgan fingerprint density at radius 1 is 1.58 bits per heavy atom. The van der Waals surface area contributed by atoms with E-state index in [0.29, 0.717) is 5.88 Å². The van der Waals surface area contributed by atoms with Gasteiger partial charge in [0.15, 0.2) is 0 Å². The number of hydrazine groups is 1. The monoisotopic (exact) mass is 166 g/mol. The third kappa shape index (κ3) is 0.921. The highest BCUT2D eigenvalue weighted by molar-refractivity contribution is 5.50. The quantitative estimate of drug-likeness (QED) is 0.602. The molecule has 0 spiro atoms. The van der Waals surface area contributed by atoms with Crippen LogP contribution in [0.15, 0.2) is 15.3 Å². The molecule has 12 heavy (non-hydrogen) atoms. The van der Waals surface area contributed by atoms with Crippen LogP contribution in [0.25, 0.3) is 0 Å². The minimum Gasteiger partial charge on any atom is -0.405 e. The van der Waals surface area contributed by atoms with Crippen molar-refractivity contribution in [2.75, 3.05) is 5.43 Å². The highest BCUT2D eigenvalue weighted by Gasteiger charge is 2.22. The molecule has 4 heteroatoms. The van der Waals surface area contributed by atoms with Crippen LogP contribution in [0.1, 0.15) is 24.1 Å². The normalized spacial score (nSPS) is 20.3. The molecule has 1 atom stereocenters. The van der Waals surface area contributed by atoms with Crippen molar-refractivity contribution in [3.63, 3.8) is 0 Å². The molecule has 2 heterocycles. The molecule has 0 amide bonds. The Morgan fingerprint density at radius 3 is 3.08 bits per heavy atom. The van der Waals surface area contributed by atoms with E-state index in [4.69, 9.17) is 4.42 Å². The van der Waals surface area contributed by atoms with E-state index in [-0.39, 0.29) is 11.7 Å². The maximum atomic E-state index is 10.9. The highest BCUT2D eigenvalue weighted by atomic mass is 16.4. The summed E-state index contributed by atoms with van der Waals surface area (Å²) >= 11 is 0. The number of anilines is 1. The lowest BCUT2D eigenvalue weighted by Crippen LogP contribution is -2.15. The average molecular weight is 166 g/mol. The van der Waals surface area contributed by atoms with Crippen LogP contribution in [0.3, 0.4) is 0 Å². The smallest absolute Gasteiger partial charge is 0.337 e. The van der Waals surface area contributed by atoms with Crippen molar-refractivity contribution in [3.05, 3.63) is 27.6 Å². The molecule has 0 radical (unpaired) electrons. The van der Waals surface area contributed by atoms with Gasteiger partial charge in [0, 0.05) is 11.6 Å². The minimum atomic E-state index is -0.311. The van der Waals surface area contributed by atoms with Crippen LogP contribution in [0.4, 0.5) is 5.88 Å². The van der Waals surface area contributed by atoms with E-state index in [0.717, 1.165) is 11.1 Å². The van der Waals surface area contributed by atoms with Crippen LogP contribution in [0.2, 0.25) is 0 Å². The van der Waals surface area contributed by atoms with Gasteiger partial charge in [0.25, 0.3) is 0 Å². The van der Waals surface area contributed by atoms with Crippen LogP contribution in [0, 0.1) is 6.92 Å². The summed E-state index contributed by atoms with van der Waals surface area (Å²) in [6, 6.07) is 1.70. The van der Waals surface area contributed by atoms with Gasteiger partial charge in [-0.25, -0.2) is 10.2 Å². The lowest BCUT2D eigenvalue weighted by molar-refractivity contribution is 0.524. The van der Waals surface area contributed by atoms with Gasteiger partial charge in [0.2, 0.25) is 5.88 Å². The van der Waals surface area contributed by atoms with Gasteiger partial charge in [-0.2, -0.15) is 0 Å². The Kier molecular flexibility index (Phi) is 1.44. The summed E-state index contributed by atoms with van der Waals surface area (Å²) in [5, 5.41) is 0. The maximum Gasteiger partial charge on any atom is 0.337 e. The van der Waals surface area contributed by atoms with Crippen LogP contribution in [-0.2, 0) is 0 Å². The predicted molar refractivity (Wildman–Crippen MR) is 44.9 cm³/mol. The molecule has 1 aliphatic heterocycles. The van der Waals surface area contributed by atoms with Crippen molar-refractivity contribution in [3.8, 4) is 0 Å². The molecule has 1 aliphatic rings. The van der Waals surface area contributed by atoms with Gasteiger partial charge in [-0.3, -0.25) is 5.43 Å². The summed E-state index contributed by atoms with van der Waals surface area (Å²) in [5.41, 5.74) is 7.48. The molecule has 1 aromatic rings. The second-order valence-corrected chi connectivity index (χ2v) is 2.98. The van der Waals surface area contributed by atoms with Crippen LogP contribution in [0.5, 0.6) is 0 Å². The predicted octanol–water partition coefficient (Wildman–Crippen LogP) is 0.939. The van der Waals surface area contributed by atoms with E-state index in [1.807, 2.05) is 13.8 Å². The SMILES string of the molecule is Cc1cc(=O)oc2c1C(C)NN2. The summed E-state index contributed by atoms with van der Waals surface area (Å²) in [5.74, 6) is 0.549. The Labute approximate surface area is 69.6 Å². The van der Waals surface area contributed by atoms with E-state index in [9.17, 15) is 4.79 Å². The van der Waals surface area contributed by atoms with Gasteiger partial charge in [-0.15, -0.1) is 0 Å². The molecule has 0 saturated carbocycles. The second-order valence-electron chi connectivity index (χ2n) is 2.98. The largest absolute Gasteiger partial charge is 0.405 e. The molecule has 2 rings (SSSR count). The van der Waals surface area contributed by atoms with Gasteiger partial charge in [-0.05, 0) is 19.4 Å².